The number of nitrogens with one attached hydrogen (secondary N) is 2. The summed E-state index contributed by atoms with van der Waals surface area (Å²) in [5, 5.41) is 15.2. The lowest BCUT2D eigenvalue weighted by Crippen LogP contribution is -2.25. The fraction of sp³-hybridized carbons (Fsp3) is 0.261. The van der Waals surface area contributed by atoms with Crippen LogP contribution in [0.1, 0.15) is 34.5 Å². The summed E-state index contributed by atoms with van der Waals surface area (Å²) in [7, 11) is 0. The second-order valence-electron chi connectivity index (χ2n) is 7.63. The van der Waals surface area contributed by atoms with Crippen molar-refractivity contribution in [2.24, 2.45) is 0 Å². The molecule has 2 aromatic heterocycles. The summed E-state index contributed by atoms with van der Waals surface area (Å²) in [5.74, 6) is 1.22. The van der Waals surface area contributed by atoms with Gasteiger partial charge in [-0.1, -0.05) is 40.9 Å². The van der Waals surface area contributed by atoms with E-state index in [9.17, 15) is 4.79 Å². The first kappa shape index (κ1) is 22.2. The summed E-state index contributed by atoms with van der Waals surface area (Å²) in [6, 6.07) is 12.9. The Morgan fingerprint density at radius 1 is 1.06 bits per heavy atom. The molecule has 0 bridgehead atoms. The molecule has 1 amide bonds. The number of carbonyl (C=O) groups excluding carboxylic acids is 1. The van der Waals surface area contributed by atoms with E-state index in [0.717, 1.165) is 24.2 Å². The first-order valence-electron chi connectivity index (χ1n) is 10.3. The summed E-state index contributed by atoms with van der Waals surface area (Å²) >= 11 is 12.2. The number of amides is 1. The van der Waals surface area contributed by atoms with E-state index in [1.165, 1.54) is 5.56 Å². The van der Waals surface area contributed by atoms with Gasteiger partial charge < -0.3 is 10.1 Å². The maximum Gasteiger partial charge on any atom is 0.269 e. The number of carbonyl (C=O) groups is 1. The third kappa shape index (κ3) is 5.06. The second kappa shape index (κ2) is 9.63. The Kier molecular flexibility index (Phi) is 6.67. The molecule has 0 fully saturated rings. The number of halogens is 2. The minimum atomic E-state index is -0.208. The molecule has 0 aliphatic carbocycles. The molecule has 0 atom stereocenters. The van der Waals surface area contributed by atoms with Crippen molar-refractivity contribution in [2.75, 3.05) is 13.2 Å². The number of fused-ring (bicyclic) bond motifs is 1. The van der Waals surface area contributed by atoms with Crippen LogP contribution >= 0.6 is 23.2 Å². The van der Waals surface area contributed by atoms with Gasteiger partial charge in [0.2, 0.25) is 0 Å². The summed E-state index contributed by atoms with van der Waals surface area (Å²) in [6.45, 7) is 5.25. The third-order valence-electron chi connectivity index (χ3n) is 5.00. The van der Waals surface area contributed by atoms with E-state index in [2.05, 4.69) is 33.6 Å². The largest absolute Gasteiger partial charge is 0.493 e. The molecule has 2 heterocycles. The number of ether oxygens (including phenoxy) is 1. The molecule has 0 aliphatic rings. The van der Waals surface area contributed by atoms with Crippen LogP contribution in [-0.4, -0.2) is 38.9 Å². The summed E-state index contributed by atoms with van der Waals surface area (Å²) < 4.78 is 7.46. The predicted molar refractivity (Wildman–Crippen MR) is 126 cm³/mol. The summed E-state index contributed by atoms with van der Waals surface area (Å²) in [4.78, 5) is 12.5. The molecule has 0 radical (unpaired) electrons. The van der Waals surface area contributed by atoms with Crippen LogP contribution in [-0.2, 0) is 0 Å². The summed E-state index contributed by atoms with van der Waals surface area (Å²) in [6.07, 6.45) is 1.65. The maximum atomic E-state index is 12.5. The van der Waals surface area contributed by atoms with Gasteiger partial charge in [-0.2, -0.15) is 0 Å². The number of benzene rings is 2. The Balaban J connectivity index is 1.30. The fourth-order valence-electron chi connectivity index (χ4n) is 3.44. The van der Waals surface area contributed by atoms with Crippen LogP contribution in [0.2, 0.25) is 10.0 Å². The van der Waals surface area contributed by atoms with Crippen LogP contribution in [0.15, 0.2) is 42.5 Å². The van der Waals surface area contributed by atoms with Gasteiger partial charge in [0.1, 0.15) is 11.4 Å². The normalized spacial score (nSPS) is 11.1. The Bertz CT molecular complexity index is 1240. The van der Waals surface area contributed by atoms with Crippen molar-refractivity contribution in [1.82, 2.24) is 25.1 Å². The SMILES string of the molecule is Cc1ccc(OCCCCNC(=O)c2cc3nnc(-c4cc(Cl)cc(Cl)c4)n3[nH]2)c(C)c1. The lowest BCUT2D eigenvalue weighted by molar-refractivity contribution is 0.0947. The van der Waals surface area contributed by atoms with E-state index in [0.29, 0.717) is 45.9 Å². The lowest BCUT2D eigenvalue weighted by atomic mass is 10.1. The minimum Gasteiger partial charge on any atom is -0.493 e. The first-order chi connectivity index (χ1) is 15.4. The van der Waals surface area contributed by atoms with Gasteiger partial charge in [-0.05, 0) is 56.5 Å². The smallest absolute Gasteiger partial charge is 0.269 e. The highest BCUT2D eigenvalue weighted by molar-refractivity contribution is 6.35. The molecule has 0 spiro atoms. The highest BCUT2D eigenvalue weighted by Crippen LogP contribution is 2.26. The number of H-pyrrole nitrogens is 1. The van der Waals surface area contributed by atoms with Gasteiger partial charge in [-0.3, -0.25) is 9.89 Å². The maximum absolute atomic E-state index is 12.5. The molecular formula is C23H23Cl2N5O2. The van der Waals surface area contributed by atoms with Crippen molar-refractivity contribution in [3.8, 4) is 17.1 Å². The molecule has 4 aromatic rings. The average Bonchev–Trinajstić information content (AvgIpc) is 3.32. The van der Waals surface area contributed by atoms with Crippen LogP contribution in [0, 0.1) is 13.8 Å². The van der Waals surface area contributed by atoms with Crippen molar-refractivity contribution >= 4 is 34.8 Å². The fourth-order valence-corrected chi connectivity index (χ4v) is 3.96. The van der Waals surface area contributed by atoms with Crippen molar-refractivity contribution < 1.29 is 9.53 Å². The van der Waals surface area contributed by atoms with Gasteiger partial charge in [0, 0.05) is 28.2 Å². The van der Waals surface area contributed by atoms with Crippen LogP contribution < -0.4 is 10.1 Å². The van der Waals surface area contributed by atoms with Crippen LogP contribution in [0.25, 0.3) is 17.0 Å². The Morgan fingerprint density at radius 3 is 2.59 bits per heavy atom. The standard InChI is InChI=1S/C23H23Cl2N5O2/c1-14-5-6-20(15(2)9-14)32-8-4-3-7-26-23(31)19-13-21-27-28-22(30(21)29-19)16-10-17(24)12-18(25)11-16/h5-6,9-13,29H,3-4,7-8H2,1-2H3,(H,26,31). The van der Waals surface area contributed by atoms with Crippen molar-refractivity contribution in [3.63, 3.8) is 0 Å². The molecule has 0 saturated heterocycles. The number of aromatic nitrogens is 4. The molecular weight excluding hydrogens is 449 g/mol. The molecule has 0 unspecified atom stereocenters. The van der Waals surface area contributed by atoms with E-state index < -0.39 is 0 Å². The first-order valence-corrected chi connectivity index (χ1v) is 11.0. The molecule has 32 heavy (non-hydrogen) atoms. The highest BCUT2D eigenvalue weighted by atomic mass is 35.5. The van der Waals surface area contributed by atoms with E-state index in [1.54, 1.807) is 28.8 Å². The van der Waals surface area contributed by atoms with E-state index >= 15 is 0 Å². The number of aromatic amines is 1. The van der Waals surface area contributed by atoms with Gasteiger partial charge in [0.25, 0.3) is 5.91 Å². The molecule has 0 saturated carbocycles. The monoisotopic (exact) mass is 471 g/mol. The van der Waals surface area contributed by atoms with Gasteiger partial charge in [-0.15, -0.1) is 10.2 Å². The quantitative estimate of drug-likeness (QED) is 0.344. The van der Waals surface area contributed by atoms with Crippen LogP contribution in [0.5, 0.6) is 5.75 Å². The predicted octanol–water partition coefficient (Wildman–Crippen LogP) is 5.24. The van der Waals surface area contributed by atoms with Crippen molar-refractivity contribution in [2.45, 2.75) is 26.7 Å². The second-order valence-corrected chi connectivity index (χ2v) is 8.50. The molecule has 2 aromatic carbocycles. The Labute approximate surface area is 195 Å². The van der Waals surface area contributed by atoms with Crippen molar-refractivity contribution in [1.29, 1.82) is 0 Å². The zero-order valence-corrected chi connectivity index (χ0v) is 19.3. The number of unbranched alkanes of at least 4 members (excludes halogenated alkanes) is 1. The van der Waals surface area contributed by atoms with Gasteiger partial charge >= 0.3 is 0 Å². The van der Waals surface area contributed by atoms with Crippen LogP contribution in [0.3, 0.4) is 0 Å². The number of hydrogen-bond acceptors (Lipinski definition) is 4. The molecule has 166 valence electrons. The Hall–Kier alpha value is -3.03. The third-order valence-corrected chi connectivity index (χ3v) is 5.44. The zero-order chi connectivity index (χ0) is 22.7. The number of hydrogen-bond donors (Lipinski definition) is 2. The lowest BCUT2D eigenvalue weighted by Gasteiger charge is -2.10. The number of aryl methyl sites for hydroxylation is 2. The van der Waals surface area contributed by atoms with Crippen molar-refractivity contribution in [3.05, 3.63) is 69.3 Å². The van der Waals surface area contributed by atoms with E-state index in [-0.39, 0.29) is 5.91 Å². The van der Waals surface area contributed by atoms with Gasteiger partial charge in [0.05, 0.1) is 6.61 Å². The van der Waals surface area contributed by atoms with Crippen LogP contribution in [0.4, 0.5) is 0 Å². The van der Waals surface area contributed by atoms with E-state index in [1.807, 2.05) is 19.1 Å². The molecule has 4 rings (SSSR count). The molecule has 2 N–H and O–H groups in total. The topological polar surface area (TPSA) is 84.3 Å². The Morgan fingerprint density at radius 2 is 1.84 bits per heavy atom. The molecule has 9 heteroatoms. The average molecular weight is 472 g/mol. The summed E-state index contributed by atoms with van der Waals surface area (Å²) in [5.41, 5.74) is 3.98. The van der Waals surface area contributed by atoms with Gasteiger partial charge in [-0.25, -0.2) is 4.52 Å². The molecule has 0 aliphatic heterocycles. The van der Waals surface area contributed by atoms with E-state index in [4.69, 9.17) is 27.9 Å². The number of nitrogens with zero attached hydrogens (tertiary/aromatic N) is 3. The molecule has 7 nitrogen and oxygen atoms in total. The zero-order valence-electron chi connectivity index (χ0n) is 17.8. The highest BCUT2D eigenvalue weighted by Gasteiger charge is 2.15. The minimum absolute atomic E-state index is 0.208. The van der Waals surface area contributed by atoms with Gasteiger partial charge in [0.15, 0.2) is 11.5 Å². The number of rotatable bonds is 8.